The van der Waals surface area contributed by atoms with Crippen molar-refractivity contribution < 1.29 is 62.6 Å². The molecule has 0 spiro atoms. The van der Waals surface area contributed by atoms with Crippen molar-refractivity contribution in [1.82, 2.24) is 0 Å². The fourth-order valence-electron chi connectivity index (χ4n) is 11.4. The topological polar surface area (TPSA) is 19.4 Å². The molecule has 0 fully saturated rings. The lowest BCUT2D eigenvalue weighted by atomic mass is 9.94. The van der Waals surface area contributed by atoms with Crippen LogP contribution in [0.5, 0.6) is 0 Å². The molecule has 1 atom stereocenters. The summed E-state index contributed by atoms with van der Waals surface area (Å²) in [4.78, 5) is 0. The quantitative estimate of drug-likeness (QED) is 0.135. The summed E-state index contributed by atoms with van der Waals surface area (Å²) in [6, 6.07) is 34.5. The standard InChI is InChI=1S/C18H24N.2C17H22N.2C16H20N/c1-12(2)16-7-8-17(14(4)10-16)18-15(5)9-13(3)11-19(18)6;1-6-15-7-8-16(13(3)10-15)17-14(4)9-12(2)11-18(17)5;1-6-15-7-8-16(13(3)11-15)17-14(4)12(2)9-10-18(17)5;1-11-6-7-15(13(3)8-11)16-14(4)9-12(2)10-17(16)5;1-11-6-7-15(13(3)10-11)16-14(4)12(2)8-9-17(16)5/h7-12H,1-6H3;2*7-11H,6H2,1-5H3;2*6-10H,1-5H3/q5*+1/i1D3,3D3,12D;1D3,2D3,6D2;1D3,6D2;1D3,2D3;1D3. The van der Waals surface area contributed by atoms with Crippen LogP contribution >= 0.6 is 0 Å². The third kappa shape index (κ3) is 17.4. The van der Waals surface area contributed by atoms with Gasteiger partial charge in [0.2, 0.25) is 28.5 Å². The van der Waals surface area contributed by atoms with Gasteiger partial charge in [0.05, 0.1) is 0 Å². The average Bonchev–Trinajstić information content (AvgIpc) is 0.775. The van der Waals surface area contributed by atoms with Crippen LogP contribution in [0.25, 0.3) is 56.3 Å². The lowest BCUT2D eigenvalue weighted by molar-refractivity contribution is -0.661. The van der Waals surface area contributed by atoms with Crippen LogP contribution in [0.3, 0.4) is 0 Å². The Labute approximate surface area is 579 Å². The van der Waals surface area contributed by atoms with Crippen molar-refractivity contribution >= 4 is 0 Å². The Morgan fingerprint density at radius 3 is 0.955 bits per heavy atom. The van der Waals surface area contributed by atoms with Crippen LogP contribution in [0.4, 0.5) is 0 Å². The highest BCUT2D eigenvalue weighted by Crippen LogP contribution is 2.31. The molecule has 10 aromatic rings. The Hall–Kier alpha value is -8.15. The van der Waals surface area contributed by atoms with E-state index in [0.717, 1.165) is 106 Å². The van der Waals surface area contributed by atoms with Crippen molar-refractivity contribution in [3.05, 3.63) is 264 Å². The highest BCUT2D eigenvalue weighted by Gasteiger charge is 2.22. The van der Waals surface area contributed by atoms with Gasteiger partial charge in [-0.25, -0.2) is 22.8 Å². The predicted molar refractivity (Wildman–Crippen MR) is 379 cm³/mol. The summed E-state index contributed by atoms with van der Waals surface area (Å²) in [7, 11) is 9.33. The van der Waals surface area contributed by atoms with Gasteiger partial charge < -0.3 is 0 Å². The summed E-state index contributed by atoms with van der Waals surface area (Å²) in [6.45, 7) is 6.00. The molecule has 5 aromatic heterocycles. The predicted octanol–water partition coefficient (Wildman–Crippen LogP) is 18.4. The molecular weight excluding hydrogens is 1080 g/mol. The summed E-state index contributed by atoms with van der Waals surface area (Å²) in [5.74, 6) is -1.70. The van der Waals surface area contributed by atoms with Crippen molar-refractivity contribution in [3.8, 4) is 56.3 Å². The van der Waals surface area contributed by atoms with Crippen molar-refractivity contribution in [2.45, 2.75) is 163 Å². The van der Waals surface area contributed by atoms with E-state index in [1.54, 1.807) is 151 Å². The summed E-state index contributed by atoms with van der Waals surface area (Å²) in [5.41, 5.74) is 23.1. The molecule has 0 saturated heterocycles. The van der Waals surface area contributed by atoms with E-state index in [-0.39, 0.29) is 27.8 Å². The molecule has 0 N–H and O–H groups in total. The summed E-state index contributed by atoms with van der Waals surface area (Å²) in [6.07, 6.45) is 3.98. The van der Waals surface area contributed by atoms with E-state index >= 15 is 0 Å². The number of pyridine rings is 5. The molecule has 0 saturated carbocycles. The van der Waals surface area contributed by atoms with Gasteiger partial charge in [0.25, 0.3) is 0 Å². The zero-order chi connectivity index (χ0) is 90.4. The van der Waals surface area contributed by atoms with E-state index in [1.807, 2.05) is 91.7 Å². The second-order valence-corrected chi connectivity index (χ2v) is 23.3. The van der Waals surface area contributed by atoms with Gasteiger partial charge in [0.1, 0.15) is 35.2 Å². The Bertz CT molecular complexity index is 5130. The Balaban J connectivity index is 0.000000230. The van der Waals surface area contributed by atoms with Gasteiger partial charge in [-0.3, -0.25) is 0 Å². The molecule has 0 aliphatic heterocycles. The van der Waals surface area contributed by atoms with Crippen molar-refractivity contribution in [2.75, 3.05) is 0 Å². The van der Waals surface area contributed by atoms with Crippen LogP contribution in [0.1, 0.15) is 184 Å². The van der Waals surface area contributed by atoms with Gasteiger partial charge in [0.15, 0.2) is 31.0 Å². The average molecular weight is 1220 g/mol. The summed E-state index contributed by atoms with van der Waals surface area (Å²) < 4.78 is 230. The smallest absolute Gasteiger partial charge is 0.201 e. The van der Waals surface area contributed by atoms with Crippen molar-refractivity contribution in [1.29, 1.82) is 0 Å². The number of hydrogen-bond donors (Lipinski definition) is 0. The van der Waals surface area contributed by atoms with Crippen LogP contribution in [0, 0.1) is 117 Å². The highest BCUT2D eigenvalue weighted by atomic mass is 14.9. The third-order valence-electron chi connectivity index (χ3n) is 16.1. The van der Waals surface area contributed by atoms with Crippen LogP contribution in [-0.2, 0) is 48.0 Å². The highest BCUT2D eigenvalue weighted by molar-refractivity contribution is 5.69. The fourth-order valence-corrected chi connectivity index (χ4v) is 11.4. The Morgan fingerprint density at radius 2 is 0.652 bits per heavy atom. The van der Waals surface area contributed by atoms with E-state index in [9.17, 15) is 0 Å². The Morgan fingerprint density at radius 1 is 0.337 bits per heavy atom. The maximum atomic E-state index is 8.24. The van der Waals surface area contributed by atoms with Gasteiger partial charge in [0, 0.05) is 124 Å². The first-order chi connectivity index (χ1) is 53.4. The first-order valence-electron chi connectivity index (χ1n) is 43.9. The van der Waals surface area contributed by atoms with E-state index in [2.05, 4.69) is 44.4 Å². The minimum Gasteiger partial charge on any atom is -0.201 e. The van der Waals surface area contributed by atoms with E-state index < -0.39 is 73.5 Å². The Kier molecular flexibility index (Phi) is 13.5. The minimum atomic E-state index is -2.76. The number of rotatable bonds is 8. The van der Waals surface area contributed by atoms with Crippen molar-refractivity contribution in [3.63, 3.8) is 0 Å². The van der Waals surface area contributed by atoms with Crippen LogP contribution < -0.4 is 22.8 Å². The lowest BCUT2D eigenvalue weighted by Gasteiger charge is -2.11. The molecule has 5 nitrogen and oxygen atoms in total. The molecule has 1 unspecified atom stereocenters. The number of benzene rings is 5. The third-order valence-corrected chi connectivity index (χ3v) is 16.1. The maximum absolute atomic E-state index is 8.24. The molecule has 5 heteroatoms. The number of aromatic nitrogens is 5. The first kappa shape index (κ1) is 39.1. The lowest BCUT2D eigenvalue weighted by Crippen LogP contribution is -2.32. The second kappa shape index (κ2) is 30.9. The van der Waals surface area contributed by atoms with E-state index in [4.69, 9.17) is 39.8 Å². The van der Waals surface area contributed by atoms with Crippen LogP contribution in [0.15, 0.2) is 152 Å². The molecule has 5 heterocycles. The van der Waals surface area contributed by atoms with Gasteiger partial charge >= 0.3 is 0 Å². The van der Waals surface area contributed by atoms with Crippen molar-refractivity contribution in [2.24, 2.45) is 35.2 Å². The normalized spacial score (nSPS) is 17.7. The van der Waals surface area contributed by atoms with Gasteiger partial charge in [-0.1, -0.05) is 99.3 Å². The maximum Gasteiger partial charge on any atom is 0.215 e. The fraction of sp³-hybridized carbons (Fsp3) is 0.345. The second-order valence-electron chi connectivity index (χ2n) is 23.3. The monoisotopic (exact) mass is 1220 g/mol. The molecule has 0 aliphatic rings. The SMILES string of the molecule is [2H]C([2H])([2H])C([2H])([2H])c1ccc(-c2c(C)c(C)cc[n+]2C)c(C)c1.[2H]C([2H])([2H])c1cc(C)c(-c2ccc(C([2H])(C)C([2H])([2H])[2H])cc2C)[n+](C)c1.[2H]C([2H])([2H])c1cc(C)c(-c2ccc(C([2H])([2H])C([2H])([2H])[2H])cc2C)[n+](C)c1.[2H]C([2H])([2H])c1ccc(-c2c(C)c(C)cc[n+]2C)c(C)c1.[2H]C([2H])([2H])c1ccc(-c2c(C)cc(C([2H])([2H])[2H])c[n+]2C)c(C)c1. The molecule has 10 rings (SSSR count). The van der Waals surface area contributed by atoms with Crippen LogP contribution in [-0.4, -0.2) is 0 Å². The molecule has 5 aromatic carbocycles. The van der Waals surface area contributed by atoms with Crippen LogP contribution in [0.2, 0.25) is 0 Å². The van der Waals surface area contributed by atoms with Gasteiger partial charge in [-0.05, 0) is 240 Å². The summed E-state index contributed by atoms with van der Waals surface area (Å²) >= 11 is 0. The number of aryl methyl sites for hydroxylation is 22. The molecule has 89 heavy (non-hydrogen) atoms. The molecule has 0 bridgehead atoms. The zero-order valence-electron chi connectivity index (χ0n) is 84.2. The minimum absolute atomic E-state index is 0.0955. The number of hydrogen-bond acceptors (Lipinski definition) is 0. The molecule has 0 radical (unpaired) electrons. The number of nitrogens with zero attached hydrogens (tertiary/aromatic N) is 5. The van der Waals surface area contributed by atoms with Gasteiger partial charge in [-0.15, -0.1) is 0 Å². The van der Waals surface area contributed by atoms with Gasteiger partial charge in [-0.2, -0.15) is 0 Å². The van der Waals surface area contributed by atoms with E-state index in [0.29, 0.717) is 16.7 Å². The molecular formula is C84H108N5+5. The van der Waals surface area contributed by atoms with E-state index in [1.165, 1.54) is 29.7 Å². The first-order valence-corrected chi connectivity index (χ1v) is 29.4. The largest absolute Gasteiger partial charge is 0.215 e. The molecule has 0 amide bonds. The molecule has 464 valence electrons. The zero-order valence-corrected chi connectivity index (χ0v) is 55.2. The summed E-state index contributed by atoms with van der Waals surface area (Å²) in [5, 5.41) is 0. The molecule has 0 aliphatic carbocycles.